The van der Waals surface area contributed by atoms with E-state index in [1.165, 1.54) is 6.92 Å². The summed E-state index contributed by atoms with van der Waals surface area (Å²) in [6.45, 7) is 1.08. The quantitative estimate of drug-likeness (QED) is 0.400. The highest BCUT2D eigenvalue weighted by molar-refractivity contribution is 7.80. The van der Waals surface area contributed by atoms with Crippen molar-refractivity contribution < 1.29 is 41.0 Å². The Kier molecular flexibility index (Phi) is 5.62. The van der Waals surface area contributed by atoms with Crippen LogP contribution >= 0.6 is 12.2 Å². The summed E-state index contributed by atoms with van der Waals surface area (Å²) in [7, 11) is 0. The fourth-order valence-corrected chi connectivity index (χ4v) is 2.98. The van der Waals surface area contributed by atoms with Crippen molar-refractivity contribution in [2.24, 2.45) is 5.92 Å². The number of carbonyl (C=O) groups is 1. The zero-order valence-electron chi connectivity index (χ0n) is 13.6. The van der Waals surface area contributed by atoms with Crippen LogP contribution in [0, 0.1) is 5.92 Å². The second-order valence-electron chi connectivity index (χ2n) is 5.69. The third-order valence-corrected chi connectivity index (χ3v) is 4.16. The molecule has 0 aliphatic carbocycles. The third-order valence-electron chi connectivity index (χ3n) is 3.94. The number of hydrogen-bond donors (Lipinski definition) is 3. The van der Waals surface area contributed by atoms with Gasteiger partial charge in [-0.15, -0.1) is 0 Å². The Morgan fingerprint density at radius 2 is 1.78 bits per heavy atom. The standard InChI is InChI=1S/C15H14F6N2O3S/c1-2-26-11(24)9-10(7-3-5-8(6-4-7)14(16,17)18)22-12(27)23-13(9,25)15(19,20)21/h3-6,9-10,25H,2H2,1H3,(H2,22,23,27)/t9-,10-,13+/m0/s1. The molecule has 0 bridgehead atoms. The fraction of sp³-hybridized carbons (Fsp3) is 0.467. The maximum Gasteiger partial charge on any atom is 0.437 e. The van der Waals surface area contributed by atoms with E-state index in [0.717, 1.165) is 12.1 Å². The van der Waals surface area contributed by atoms with E-state index in [2.05, 4.69) is 22.3 Å². The first-order valence-electron chi connectivity index (χ1n) is 7.53. The normalized spacial score (nSPS) is 26.1. The van der Waals surface area contributed by atoms with Crippen LogP contribution < -0.4 is 10.6 Å². The molecule has 1 aromatic rings. The molecular formula is C15H14F6N2O3S. The summed E-state index contributed by atoms with van der Waals surface area (Å²) in [5, 5.41) is 13.6. The van der Waals surface area contributed by atoms with E-state index in [1.807, 2.05) is 0 Å². The van der Waals surface area contributed by atoms with Crippen molar-refractivity contribution in [1.29, 1.82) is 0 Å². The first kappa shape index (κ1) is 21.2. The summed E-state index contributed by atoms with van der Waals surface area (Å²) in [6, 6.07) is 1.52. The number of benzene rings is 1. The van der Waals surface area contributed by atoms with Crippen LogP contribution in [0.15, 0.2) is 24.3 Å². The lowest BCUT2D eigenvalue weighted by Gasteiger charge is -2.45. The Balaban J connectivity index is 2.53. The van der Waals surface area contributed by atoms with Crippen molar-refractivity contribution in [3.63, 3.8) is 0 Å². The zero-order chi connectivity index (χ0) is 20.6. The van der Waals surface area contributed by atoms with Crippen LogP contribution in [-0.2, 0) is 15.7 Å². The molecule has 150 valence electrons. The van der Waals surface area contributed by atoms with Crippen LogP contribution in [0.4, 0.5) is 26.3 Å². The van der Waals surface area contributed by atoms with E-state index >= 15 is 0 Å². The Hall–Kier alpha value is -2.08. The van der Waals surface area contributed by atoms with Crippen molar-refractivity contribution in [2.75, 3.05) is 6.61 Å². The molecule has 1 aliphatic heterocycles. The number of hydrogen-bond acceptors (Lipinski definition) is 4. The smallest absolute Gasteiger partial charge is 0.437 e. The lowest BCUT2D eigenvalue weighted by molar-refractivity contribution is -0.292. The largest absolute Gasteiger partial charge is 0.466 e. The average molecular weight is 416 g/mol. The molecule has 0 aromatic heterocycles. The number of ether oxygens (including phenoxy) is 1. The molecule has 5 nitrogen and oxygen atoms in total. The average Bonchev–Trinajstić information content (AvgIpc) is 2.52. The lowest BCUT2D eigenvalue weighted by Crippen LogP contribution is -2.73. The minimum atomic E-state index is -5.33. The molecule has 0 spiro atoms. The summed E-state index contributed by atoms with van der Waals surface area (Å²) in [5.74, 6) is -3.66. The summed E-state index contributed by atoms with van der Waals surface area (Å²) >= 11 is 4.68. The number of halogens is 6. The minimum absolute atomic E-state index is 0.118. The third kappa shape index (κ3) is 4.10. The molecule has 27 heavy (non-hydrogen) atoms. The van der Waals surface area contributed by atoms with Gasteiger partial charge in [-0.1, -0.05) is 12.1 Å². The SMILES string of the molecule is CCOC(=O)[C@@H]1[C@H](c2ccc(C(F)(F)F)cc2)NC(=S)N[C@]1(O)C(F)(F)F. The maximum absolute atomic E-state index is 13.5. The molecule has 0 amide bonds. The zero-order valence-corrected chi connectivity index (χ0v) is 14.4. The van der Waals surface area contributed by atoms with Gasteiger partial charge in [-0.05, 0) is 36.8 Å². The Bertz CT molecular complexity index is 722. The molecule has 2 rings (SSSR count). The van der Waals surface area contributed by atoms with Crippen LogP contribution in [-0.4, -0.2) is 34.7 Å². The summed E-state index contributed by atoms with van der Waals surface area (Å²) in [6.07, 6.45) is -9.98. The van der Waals surface area contributed by atoms with Gasteiger partial charge >= 0.3 is 18.3 Å². The molecule has 1 aromatic carbocycles. The highest BCUT2D eigenvalue weighted by atomic mass is 32.1. The number of thiocarbonyl (C=S) groups is 1. The molecule has 0 saturated carbocycles. The van der Waals surface area contributed by atoms with E-state index in [-0.39, 0.29) is 12.2 Å². The van der Waals surface area contributed by atoms with E-state index < -0.39 is 46.7 Å². The number of carbonyl (C=O) groups excluding carboxylic acids is 1. The summed E-state index contributed by atoms with van der Waals surface area (Å²) < 4.78 is 83.2. The van der Waals surface area contributed by atoms with Crippen LogP contribution in [0.1, 0.15) is 24.1 Å². The topological polar surface area (TPSA) is 70.6 Å². The Labute approximate surface area is 154 Å². The number of esters is 1. The molecular weight excluding hydrogens is 402 g/mol. The highest BCUT2D eigenvalue weighted by Crippen LogP contribution is 2.43. The molecule has 1 heterocycles. The monoisotopic (exact) mass is 416 g/mol. The molecule has 3 atom stereocenters. The summed E-state index contributed by atoms with van der Waals surface area (Å²) in [4.78, 5) is 12.2. The van der Waals surface area contributed by atoms with Gasteiger partial charge < -0.3 is 20.5 Å². The van der Waals surface area contributed by atoms with Gasteiger partial charge in [-0.2, -0.15) is 26.3 Å². The van der Waals surface area contributed by atoms with Crippen molar-refractivity contribution in [2.45, 2.75) is 31.0 Å². The van der Waals surface area contributed by atoms with Gasteiger partial charge in [-0.3, -0.25) is 4.79 Å². The molecule has 0 unspecified atom stereocenters. The predicted octanol–water partition coefficient (Wildman–Crippen LogP) is 2.65. The van der Waals surface area contributed by atoms with Crippen molar-refractivity contribution in [3.8, 4) is 0 Å². The van der Waals surface area contributed by atoms with Crippen molar-refractivity contribution >= 4 is 23.3 Å². The van der Waals surface area contributed by atoms with Crippen LogP contribution in [0.2, 0.25) is 0 Å². The first-order chi connectivity index (χ1) is 12.3. The molecule has 1 fully saturated rings. The van der Waals surface area contributed by atoms with E-state index in [4.69, 9.17) is 0 Å². The van der Waals surface area contributed by atoms with Crippen LogP contribution in [0.25, 0.3) is 0 Å². The van der Waals surface area contributed by atoms with Crippen molar-refractivity contribution in [3.05, 3.63) is 35.4 Å². The van der Waals surface area contributed by atoms with E-state index in [9.17, 15) is 36.2 Å². The van der Waals surface area contributed by atoms with Crippen molar-refractivity contribution in [1.82, 2.24) is 10.6 Å². The fourth-order valence-electron chi connectivity index (χ4n) is 2.69. The van der Waals surface area contributed by atoms with E-state index in [0.29, 0.717) is 12.1 Å². The van der Waals surface area contributed by atoms with Gasteiger partial charge in [0, 0.05) is 0 Å². The predicted molar refractivity (Wildman–Crippen MR) is 84.2 cm³/mol. The summed E-state index contributed by atoms with van der Waals surface area (Å²) in [5.41, 5.74) is -4.91. The van der Waals surface area contributed by atoms with Gasteiger partial charge in [-0.25, -0.2) is 0 Å². The Morgan fingerprint density at radius 3 is 2.22 bits per heavy atom. The molecule has 12 heteroatoms. The van der Waals surface area contributed by atoms with Gasteiger partial charge in [0.1, 0.15) is 5.92 Å². The van der Waals surface area contributed by atoms with Gasteiger partial charge in [0.25, 0.3) is 5.72 Å². The van der Waals surface area contributed by atoms with Gasteiger partial charge in [0.2, 0.25) is 0 Å². The number of nitrogens with one attached hydrogen (secondary N) is 2. The van der Waals surface area contributed by atoms with Gasteiger partial charge in [0.15, 0.2) is 5.11 Å². The molecule has 3 N–H and O–H groups in total. The molecule has 1 saturated heterocycles. The molecule has 1 aliphatic rings. The van der Waals surface area contributed by atoms with Crippen LogP contribution in [0.5, 0.6) is 0 Å². The maximum atomic E-state index is 13.5. The van der Waals surface area contributed by atoms with Gasteiger partial charge in [0.05, 0.1) is 18.2 Å². The minimum Gasteiger partial charge on any atom is -0.466 e. The lowest BCUT2D eigenvalue weighted by atomic mass is 9.82. The first-order valence-corrected chi connectivity index (χ1v) is 7.93. The Morgan fingerprint density at radius 1 is 1.22 bits per heavy atom. The number of rotatable bonds is 3. The molecule has 0 radical (unpaired) electrons. The number of alkyl halides is 6. The highest BCUT2D eigenvalue weighted by Gasteiger charge is 2.66. The van der Waals surface area contributed by atoms with Crippen LogP contribution in [0.3, 0.4) is 0 Å². The second-order valence-corrected chi connectivity index (χ2v) is 6.10. The second kappa shape index (κ2) is 7.15. The number of aliphatic hydroxyl groups is 1. The van der Waals surface area contributed by atoms with E-state index in [1.54, 1.807) is 5.32 Å².